The number of nitrogens with two attached hydrogens (primary N) is 2. The quantitative estimate of drug-likeness (QED) is 0.640. The largest absolute Gasteiger partial charge is 0.457 e. The molecule has 18 heavy (non-hydrogen) atoms. The van der Waals surface area contributed by atoms with E-state index in [-0.39, 0.29) is 5.78 Å². The number of carbonyl (C=O) groups is 1. The topological polar surface area (TPSA) is 78.3 Å². The van der Waals surface area contributed by atoms with E-state index in [0.717, 1.165) is 0 Å². The second kappa shape index (κ2) is 4.79. The highest BCUT2D eigenvalue weighted by molar-refractivity contribution is 5.94. The predicted molar refractivity (Wildman–Crippen MR) is 71.8 cm³/mol. The minimum Gasteiger partial charge on any atom is -0.457 e. The molecule has 0 aromatic heterocycles. The third-order valence-electron chi connectivity index (χ3n) is 2.53. The summed E-state index contributed by atoms with van der Waals surface area (Å²) in [7, 11) is 0. The maximum atomic E-state index is 11.3. The smallest absolute Gasteiger partial charge is 0.159 e. The van der Waals surface area contributed by atoms with Crippen LogP contribution in [0.25, 0.3) is 0 Å². The number of rotatable bonds is 3. The molecule has 0 bridgehead atoms. The van der Waals surface area contributed by atoms with E-state index >= 15 is 0 Å². The molecule has 0 spiro atoms. The van der Waals surface area contributed by atoms with Crippen molar-refractivity contribution < 1.29 is 9.53 Å². The molecular weight excluding hydrogens is 228 g/mol. The molecule has 0 aliphatic rings. The van der Waals surface area contributed by atoms with Crippen molar-refractivity contribution >= 4 is 17.2 Å². The zero-order chi connectivity index (χ0) is 13.1. The first-order valence-corrected chi connectivity index (χ1v) is 5.50. The number of nitrogen functional groups attached to an aromatic ring is 2. The van der Waals surface area contributed by atoms with Crippen LogP contribution in [0.2, 0.25) is 0 Å². The molecule has 0 atom stereocenters. The van der Waals surface area contributed by atoms with Crippen LogP contribution >= 0.6 is 0 Å². The Morgan fingerprint density at radius 2 is 1.72 bits per heavy atom. The fourth-order valence-electron chi connectivity index (χ4n) is 1.53. The molecule has 4 nitrogen and oxygen atoms in total. The van der Waals surface area contributed by atoms with Crippen LogP contribution in [0, 0.1) is 0 Å². The fraction of sp³-hybridized carbons (Fsp3) is 0.0714. The van der Waals surface area contributed by atoms with Gasteiger partial charge in [-0.15, -0.1) is 0 Å². The van der Waals surface area contributed by atoms with Crippen molar-refractivity contribution in [2.45, 2.75) is 6.92 Å². The Morgan fingerprint density at radius 1 is 1.00 bits per heavy atom. The molecule has 0 radical (unpaired) electrons. The summed E-state index contributed by atoms with van der Waals surface area (Å²) in [5.41, 5.74) is 12.9. The van der Waals surface area contributed by atoms with Crippen LogP contribution < -0.4 is 16.2 Å². The van der Waals surface area contributed by atoms with E-state index in [1.165, 1.54) is 6.92 Å². The Morgan fingerprint density at radius 3 is 2.39 bits per heavy atom. The maximum Gasteiger partial charge on any atom is 0.159 e. The van der Waals surface area contributed by atoms with Crippen LogP contribution in [-0.2, 0) is 0 Å². The van der Waals surface area contributed by atoms with Crippen molar-refractivity contribution in [1.82, 2.24) is 0 Å². The van der Waals surface area contributed by atoms with Gasteiger partial charge in [-0.2, -0.15) is 0 Å². The second-order valence-corrected chi connectivity index (χ2v) is 3.98. The summed E-state index contributed by atoms with van der Waals surface area (Å²) in [4.78, 5) is 11.3. The van der Waals surface area contributed by atoms with Gasteiger partial charge in [-0.05, 0) is 31.2 Å². The minimum absolute atomic E-state index is 0.00253. The number of hydrogen-bond acceptors (Lipinski definition) is 4. The molecule has 2 aromatic rings. The van der Waals surface area contributed by atoms with Gasteiger partial charge in [0.1, 0.15) is 11.5 Å². The summed E-state index contributed by atoms with van der Waals surface area (Å²) in [6.45, 7) is 1.51. The van der Waals surface area contributed by atoms with Crippen LogP contribution in [0.4, 0.5) is 11.4 Å². The number of anilines is 2. The highest BCUT2D eigenvalue weighted by Crippen LogP contribution is 2.26. The van der Waals surface area contributed by atoms with Crippen molar-refractivity contribution in [2.24, 2.45) is 0 Å². The first-order valence-electron chi connectivity index (χ1n) is 5.50. The molecule has 0 heterocycles. The molecule has 92 valence electrons. The average molecular weight is 242 g/mol. The van der Waals surface area contributed by atoms with Gasteiger partial charge in [0.15, 0.2) is 5.78 Å². The van der Waals surface area contributed by atoms with Gasteiger partial charge in [0.05, 0.1) is 11.4 Å². The Balaban J connectivity index is 2.25. The van der Waals surface area contributed by atoms with Crippen LogP contribution in [-0.4, -0.2) is 5.78 Å². The van der Waals surface area contributed by atoms with Crippen LogP contribution in [0.5, 0.6) is 11.5 Å². The molecule has 4 N–H and O–H groups in total. The van der Waals surface area contributed by atoms with Gasteiger partial charge >= 0.3 is 0 Å². The van der Waals surface area contributed by atoms with E-state index in [1.54, 1.807) is 42.5 Å². The monoisotopic (exact) mass is 242 g/mol. The number of ether oxygens (including phenoxy) is 1. The van der Waals surface area contributed by atoms with E-state index in [4.69, 9.17) is 16.2 Å². The summed E-state index contributed by atoms with van der Waals surface area (Å²) >= 11 is 0. The van der Waals surface area contributed by atoms with Gasteiger partial charge in [-0.1, -0.05) is 12.1 Å². The molecule has 0 aliphatic carbocycles. The summed E-state index contributed by atoms with van der Waals surface area (Å²) in [6.07, 6.45) is 0. The molecule has 0 fully saturated rings. The van der Waals surface area contributed by atoms with Gasteiger partial charge in [0.2, 0.25) is 0 Å². The zero-order valence-electron chi connectivity index (χ0n) is 10.0. The summed E-state index contributed by atoms with van der Waals surface area (Å²) in [6, 6.07) is 12.0. The third-order valence-corrected chi connectivity index (χ3v) is 2.53. The number of ketones is 1. The SMILES string of the molecule is CC(=O)c1cccc(Oc2ccc(N)c(N)c2)c1. The molecule has 2 rings (SSSR count). The summed E-state index contributed by atoms with van der Waals surface area (Å²) in [5.74, 6) is 1.17. The first kappa shape index (κ1) is 12.0. The first-order chi connectivity index (χ1) is 8.56. The summed E-state index contributed by atoms with van der Waals surface area (Å²) < 4.78 is 5.62. The highest BCUT2D eigenvalue weighted by Gasteiger charge is 2.03. The van der Waals surface area contributed by atoms with Crippen molar-refractivity contribution in [3.8, 4) is 11.5 Å². The van der Waals surface area contributed by atoms with Crippen molar-refractivity contribution in [3.05, 3.63) is 48.0 Å². The molecule has 2 aromatic carbocycles. The Hall–Kier alpha value is -2.49. The molecule has 0 saturated carbocycles. The Labute approximate surface area is 105 Å². The number of Topliss-reactive ketones (excluding diaryl/α,β-unsaturated/α-hetero) is 1. The van der Waals surface area contributed by atoms with Crippen LogP contribution in [0.1, 0.15) is 17.3 Å². The Bertz CT molecular complexity index is 594. The zero-order valence-corrected chi connectivity index (χ0v) is 10.0. The van der Waals surface area contributed by atoms with E-state index in [1.807, 2.05) is 0 Å². The van der Waals surface area contributed by atoms with Gasteiger partial charge < -0.3 is 16.2 Å². The van der Waals surface area contributed by atoms with Crippen molar-refractivity contribution in [1.29, 1.82) is 0 Å². The molecule has 0 unspecified atom stereocenters. The van der Waals surface area contributed by atoms with E-state index in [0.29, 0.717) is 28.4 Å². The molecule has 4 heteroatoms. The number of carbonyl (C=O) groups excluding carboxylic acids is 1. The number of hydrogen-bond donors (Lipinski definition) is 2. The normalized spacial score (nSPS) is 10.1. The van der Waals surface area contributed by atoms with E-state index < -0.39 is 0 Å². The lowest BCUT2D eigenvalue weighted by Crippen LogP contribution is -1.95. The minimum atomic E-state index is -0.00253. The standard InChI is InChI=1S/C14H14N2O2/c1-9(17)10-3-2-4-11(7-10)18-12-5-6-13(15)14(16)8-12/h2-8H,15-16H2,1H3. The molecule has 0 aliphatic heterocycles. The third kappa shape index (κ3) is 2.60. The van der Waals surface area contributed by atoms with Crippen molar-refractivity contribution in [3.63, 3.8) is 0 Å². The highest BCUT2D eigenvalue weighted by atomic mass is 16.5. The lowest BCUT2D eigenvalue weighted by atomic mass is 10.1. The van der Waals surface area contributed by atoms with E-state index in [2.05, 4.69) is 0 Å². The Kier molecular flexibility index (Phi) is 3.19. The van der Waals surface area contributed by atoms with Gasteiger partial charge in [-0.25, -0.2) is 0 Å². The van der Waals surface area contributed by atoms with Crippen LogP contribution in [0.3, 0.4) is 0 Å². The van der Waals surface area contributed by atoms with Crippen LogP contribution in [0.15, 0.2) is 42.5 Å². The fourth-order valence-corrected chi connectivity index (χ4v) is 1.53. The molecule has 0 saturated heterocycles. The van der Waals surface area contributed by atoms with Crippen molar-refractivity contribution in [2.75, 3.05) is 11.5 Å². The lowest BCUT2D eigenvalue weighted by molar-refractivity contribution is 0.101. The van der Waals surface area contributed by atoms with Gasteiger partial charge in [0, 0.05) is 11.6 Å². The lowest BCUT2D eigenvalue weighted by Gasteiger charge is -2.08. The van der Waals surface area contributed by atoms with E-state index in [9.17, 15) is 4.79 Å². The predicted octanol–water partition coefficient (Wildman–Crippen LogP) is 2.85. The number of benzene rings is 2. The summed E-state index contributed by atoms with van der Waals surface area (Å²) in [5, 5.41) is 0. The van der Waals surface area contributed by atoms with Gasteiger partial charge in [-0.3, -0.25) is 4.79 Å². The maximum absolute atomic E-state index is 11.3. The molecular formula is C14H14N2O2. The molecule has 0 amide bonds. The average Bonchev–Trinajstić information content (AvgIpc) is 2.34. The second-order valence-electron chi connectivity index (χ2n) is 3.98. The van der Waals surface area contributed by atoms with Gasteiger partial charge in [0.25, 0.3) is 0 Å².